The molecule has 3 heterocycles. The van der Waals surface area contributed by atoms with E-state index in [4.69, 9.17) is 28.4 Å². The minimum Gasteiger partial charge on any atom is -0.371 e. The van der Waals surface area contributed by atoms with Gasteiger partial charge in [-0.1, -0.05) is 12.8 Å². The summed E-state index contributed by atoms with van der Waals surface area (Å²) in [6.45, 7) is 5.00. The summed E-state index contributed by atoms with van der Waals surface area (Å²) in [5.41, 5.74) is -0.173. The van der Waals surface area contributed by atoms with Crippen LogP contribution in [0.2, 0.25) is 0 Å². The molecule has 0 N–H and O–H groups in total. The molecule has 0 aromatic heterocycles. The van der Waals surface area contributed by atoms with Gasteiger partial charge in [0, 0.05) is 32.5 Å². The Hall–Kier alpha value is -0.830. The number of hydrogen-bond acceptors (Lipinski definition) is 7. The van der Waals surface area contributed by atoms with E-state index < -0.39 is 5.79 Å². The lowest BCUT2D eigenvalue weighted by atomic mass is 9.93. The third-order valence-corrected chi connectivity index (χ3v) is 8.81. The van der Waals surface area contributed by atoms with Gasteiger partial charge in [-0.25, -0.2) is 0 Å². The molecule has 5 aliphatic rings. The van der Waals surface area contributed by atoms with Gasteiger partial charge < -0.3 is 28.4 Å². The van der Waals surface area contributed by atoms with E-state index in [1.165, 1.54) is 19.3 Å². The van der Waals surface area contributed by atoms with Crippen LogP contribution in [-0.4, -0.2) is 68.2 Å². The minimum atomic E-state index is -0.437. The number of carbonyl (C=O) groups is 1. The van der Waals surface area contributed by atoms with Crippen molar-refractivity contribution in [2.24, 2.45) is 5.92 Å². The van der Waals surface area contributed by atoms with Crippen molar-refractivity contribution in [3.8, 4) is 0 Å². The average molecular weight is 507 g/mol. The number of hydrogen-bond donors (Lipinski definition) is 0. The standard InChI is InChI=1S/C29H46O7/c1-22(35-27-12-4-5-16-32-27)8-2-3-10-24(30)13-14-25-26(11-7-17-31-25)36-28-15-6-9-23(28)20-29(21-28)33-18-19-34-29/h13-14,22-23,25-27H,2-12,15-21H2,1H3/t22?,23-,25+,26-,27?,28+/m1/s1. The molecule has 7 heteroatoms. The average Bonchev–Trinajstić information content (AvgIpc) is 3.56. The van der Waals surface area contributed by atoms with Crippen LogP contribution in [0.25, 0.3) is 0 Å². The molecule has 2 saturated carbocycles. The molecule has 2 aliphatic carbocycles. The molecule has 0 amide bonds. The Morgan fingerprint density at radius 1 is 1.00 bits per heavy atom. The highest BCUT2D eigenvalue weighted by Gasteiger charge is 2.61. The Bertz CT molecular complexity index is 742. The monoisotopic (exact) mass is 506 g/mol. The third kappa shape index (κ3) is 6.59. The first-order valence-electron chi connectivity index (χ1n) is 14.6. The number of allylic oxidation sites excluding steroid dienone is 1. The highest BCUT2D eigenvalue weighted by atomic mass is 16.7. The molecule has 7 nitrogen and oxygen atoms in total. The van der Waals surface area contributed by atoms with Gasteiger partial charge in [-0.15, -0.1) is 0 Å². The van der Waals surface area contributed by atoms with Crippen LogP contribution in [0.3, 0.4) is 0 Å². The zero-order chi connectivity index (χ0) is 24.8. The van der Waals surface area contributed by atoms with Gasteiger partial charge in [-0.05, 0) is 82.8 Å². The van der Waals surface area contributed by atoms with E-state index >= 15 is 0 Å². The van der Waals surface area contributed by atoms with Crippen molar-refractivity contribution in [1.29, 1.82) is 0 Å². The van der Waals surface area contributed by atoms with Gasteiger partial charge in [-0.2, -0.15) is 0 Å². The zero-order valence-corrected chi connectivity index (χ0v) is 22.1. The molecule has 0 aromatic rings. The molecule has 1 spiro atoms. The van der Waals surface area contributed by atoms with Gasteiger partial charge in [0.1, 0.15) is 6.10 Å². The third-order valence-electron chi connectivity index (χ3n) is 8.81. The van der Waals surface area contributed by atoms with Crippen molar-refractivity contribution in [1.82, 2.24) is 0 Å². The molecule has 3 aliphatic heterocycles. The molecule has 5 rings (SSSR count). The van der Waals surface area contributed by atoms with Gasteiger partial charge in [0.05, 0.1) is 31.0 Å². The second-order valence-corrected chi connectivity index (χ2v) is 11.6. The summed E-state index contributed by atoms with van der Waals surface area (Å²) in [6, 6.07) is 0. The number of unbranched alkanes of at least 4 members (excludes halogenated alkanes) is 1. The van der Waals surface area contributed by atoms with Gasteiger partial charge in [0.25, 0.3) is 0 Å². The summed E-state index contributed by atoms with van der Waals surface area (Å²) in [7, 11) is 0. The zero-order valence-electron chi connectivity index (χ0n) is 22.1. The summed E-state index contributed by atoms with van der Waals surface area (Å²) >= 11 is 0. The van der Waals surface area contributed by atoms with Crippen LogP contribution in [0, 0.1) is 5.92 Å². The molecule has 2 unspecified atom stereocenters. The first-order chi connectivity index (χ1) is 17.6. The first-order valence-corrected chi connectivity index (χ1v) is 14.6. The summed E-state index contributed by atoms with van der Waals surface area (Å²) in [4.78, 5) is 12.6. The number of rotatable bonds is 11. The van der Waals surface area contributed by atoms with Crippen molar-refractivity contribution in [2.45, 2.75) is 133 Å². The molecule has 0 aromatic carbocycles. The van der Waals surface area contributed by atoms with Crippen LogP contribution in [0.4, 0.5) is 0 Å². The maximum absolute atomic E-state index is 12.6. The Morgan fingerprint density at radius 3 is 2.69 bits per heavy atom. The van der Waals surface area contributed by atoms with E-state index in [0.717, 1.165) is 77.4 Å². The van der Waals surface area contributed by atoms with Crippen LogP contribution >= 0.6 is 0 Å². The molecule has 0 bridgehead atoms. The summed E-state index contributed by atoms with van der Waals surface area (Å²) in [5.74, 6) is 0.213. The summed E-state index contributed by atoms with van der Waals surface area (Å²) in [5, 5.41) is 0. The quantitative estimate of drug-likeness (QED) is 0.280. The summed E-state index contributed by atoms with van der Waals surface area (Å²) < 4.78 is 36.7. The van der Waals surface area contributed by atoms with Gasteiger partial charge in [0.15, 0.2) is 17.9 Å². The fraction of sp³-hybridized carbons (Fsp3) is 0.897. The van der Waals surface area contributed by atoms with E-state index in [1.807, 2.05) is 6.08 Å². The van der Waals surface area contributed by atoms with Crippen molar-refractivity contribution < 1.29 is 33.2 Å². The van der Waals surface area contributed by atoms with Gasteiger partial charge in [0.2, 0.25) is 0 Å². The fourth-order valence-electron chi connectivity index (χ4n) is 7.00. The predicted molar refractivity (Wildman–Crippen MR) is 135 cm³/mol. The van der Waals surface area contributed by atoms with Crippen LogP contribution in [0.1, 0.15) is 96.8 Å². The molecular weight excluding hydrogens is 460 g/mol. The van der Waals surface area contributed by atoms with Crippen LogP contribution in [-0.2, 0) is 33.2 Å². The molecule has 0 radical (unpaired) electrons. The maximum atomic E-state index is 12.6. The van der Waals surface area contributed by atoms with Crippen LogP contribution in [0.15, 0.2) is 12.2 Å². The lowest BCUT2D eigenvalue weighted by Gasteiger charge is -2.39. The lowest BCUT2D eigenvalue weighted by Crippen LogP contribution is -2.45. The Balaban J connectivity index is 1.06. The van der Waals surface area contributed by atoms with E-state index in [0.29, 0.717) is 25.6 Å². The minimum absolute atomic E-state index is 0.0139. The van der Waals surface area contributed by atoms with Gasteiger partial charge >= 0.3 is 0 Å². The molecule has 6 atom stereocenters. The molecular formula is C29H46O7. The van der Waals surface area contributed by atoms with E-state index in [2.05, 4.69) is 6.92 Å². The Morgan fingerprint density at radius 2 is 1.86 bits per heavy atom. The Kier molecular flexibility index (Phi) is 9.18. The number of ether oxygens (including phenoxy) is 6. The lowest BCUT2D eigenvalue weighted by molar-refractivity contribution is -0.193. The highest BCUT2D eigenvalue weighted by Crippen LogP contribution is 2.57. The second kappa shape index (κ2) is 12.4. The SMILES string of the molecule is CC(CCCCC(=O)C=C[C@@H]1OCCC[C@H]1O[C@]12CCC[C@@H]1CC1(C2)OCCO1)OC1CCCCO1. The molecule has 204 valence electrons. The van der Waals surface area contributed by atoms with E-state index in [1.54, 1.807) is 6.08 Å². The topological polar surface area (TPSA) is 72.5 Å². The van der Waals surface area contributed by atoms with Crippen molar-refractivity contribution in [2.75, 3.05) is 26.4 Å². The van der Waals surface area contributed by atoms with Crippen LogP contribution in [0.5, 0.6) is 0 Å². The van der Waals surface area contributed by atoms with Crippen molar-refractivity contribution in [3.63, 3.8) is 0 Å². The fourth-order valence-corrected chi connectivity index (χ4v) is 7.00. The highest BCUT2D eigenvalue weighted by molar-refractivity contribution is 5.89. The van der Waals surface area contributed by atoms with Crippen LogP contribution < -0.4 is 0 Å². The van der Waals surface area contributed by atoms with Crippen molar-refractivity contribution >= 4 is 5.78 Å². The molecule has 5 fully saturated rings. The van der Waals surface area contributed by atoms with E-state index in [-0.39, 0.29) is 36.0 Å². The number of ketones is 1. The summed E-state index contributed by atoms with van der Waals surface area (Å²) in [6.07, 6.45) is 17.5. The predicted octanol–water partition coefficient (Wildman–Crippen LogP) is 5.24. The molecule has 3 saturated heterocycles. The number of fused-ring (bicyclic) bond motifs is 1. The maximum Gasteiger partial charge on any atom is 0.171 e. The first kappa shape index (κ1) is 26.8. The molecule has 36 heavy (non-hydrogen) atoms. The smallest absolute Gasteiger partial charge is 0.171 e. The Labute approximate surface area is 216 Å². The second-order valence-electron chi connectivity index (χ2n) is 11.6. The number of carbonyl (C=O) groups excluding carboxylic acids is 1. The van der Waals surface area contributed by atoms with E-state index in [9.17, 15) is 4.79 Å². The van der Waals surface area contributed by atoms with Gasteiger partial charge in [-0.3, -0.25) is 4.79 Å². The largest absolute Gasteiger partial charge is 0.371 e. The normalized spacial score (nSPS) is 37.0. The van der Waals surface area contributed by atoms with Crippen molar-refractivity contribution in [3.05, 3.63) is 12.2 Å².